The lowest BCUT2D eigenvalue weighted by atomic mass is 9.97. The number of nitrogens with one attached hydrogen (secondary N) is 1. The van der Waals surface area contributed by atoms with Crippen molar-refractivity contribution in [2.45, 2.75) is 331 Å². The minimum absolute atomic E-state index is 0.237. The highest BCUT2D eigenvalue weighted by atomic mass is 16.7. The van der Waals surface area contributed by atoms with Gasteiger partial charge in [0.05, 0.1) is 32.0 Å². The molecule has 2 fully saturated rings. The summed E-state index contributed by atoms with van der Waals surface area (Å²) in [5, 5.41) is 87.0. The summed E-state index contributed by atoms with van der Waals surface area (Å²) in [6, 6.07) is -0.908. The van der Waals surface area contributed by atoms with E-state index in [0.29, 0.717) is 6.42 Å². The molecule has 14 nitrogen and oxygen atoms in total. The van der Waals surface area contributed by atoms with Crippen LogP contribution in [0.3, 0.4) is 0 Å². The highest BCUT2D eigenvalue weighted by Gasteiger charge is 2.51. The molecular weight excluding hydrogens is 919 g/mol. The summed E-state index contributed by atoms with van der Waals surface area (Å²) in [6.45, 7) is 2.81. The van der Waals surface area contributed by atoms with Crippen molar-refractivity contribution in [3.05, 3.63) is 12.2 Å². The first-order valence-corrected chi connectivity index (χ1v) is 29.9. The zero-order valence-electron chi connectivity index (χ0n) is 45.7. The number of aliphatic hydroxyl groups is 8. The Bertz CT molecular complexity index is 1260. The monoisotopic (exact) mass is 1030 g/mol. The molecule has 0 aromatic heterocycles. The summed E-state index contributed by atoms with van der Waals surface area (Å²) in [7, 11) is 0. The quantitative estimate of drug-likeness (QED) is 0.0205. The van der Waals surface area contributed by atoms with Crippen molar-refractivity contribution in [2.75, 3.05) is 19.8 Å². The second-order valence-electron chi connectivity index (χ2n) is 21.5. The lowest BCUT2D eigenvalue weighted by Gasteiger charge is -2.46. The Morgan fingerprint density at radius 2 is 0.861 bits per heavy atom. The standard InChI is InChI=1S/C58H111NO13/c1-3-5-7-9-11-13-15-17-18-19-20-21-22-23-24-25-26-27-28-29-30-31-33-35-37-39-41-47(62)46(59-50(63)42-40-38-36-34-32-16-14-12-10-8-6-4-2)45-69-57-55(68)53(66)56(49(44-61)71-57)72-58-54(67)52(65)51(64)48(43-60)70-58/h39,41,46-49,51-58,60-62,64-68H,3-38,40,42-45H2,1-2H3,(H,59,63)/b41-39+. The van der Waals surface area contributed by atoms with Gasteiger partial charge in [0, 0.05) is 6.42 Å². The van der Waals surface area contributed by atoms with Crippen molar-refractivity contribution in [1.82, 2.24) is 5.32 Å². The van der Waals surface area contributed by atoms with Crippen molar-refractivity contribution in [1.29, 1.82) is 0 Å². The van der Waals surface area contributed by atoms with E-state index in [1.165, 1.54) is 193 Å². The zero-order chi connectivity index (χ0) is 52.4. The molecule has 0 saturated carbocycles. The third-order valence-electron chi connectivity index (χ3n) is 15.0. The maximum atomic E-state index is 13.2. The van der Waals surface area contributed by atoms with Crippen molar-refractivity contribution < 1.29 is 64.6 Å². The van der Waals surface area contributed by atoms with Crippen LogP contribution in [-0.2, 0) is 23.7 Å². The number of carbonyl (C=O) groups is 1. The van der Waals surface area contributed by atoms with Gasteiger partial charge in [0.15, 0.2) is 12.6 Å². The molecular formula is C58H111NO13. The smallest absolute Gasteiger partial charge is 0.220 e. The summed E-state index contributed by atoms with van der Waals surface area (Å²) in [6.07, 6.45) is 34.1. The van der Waals surface area contributed by atoms with Crippen molar-refractivity contribution >= 4 is 5.91 Å². The van der Waals surface area contributed by atoms with Crippen molar-refractivity contribution in [2.24, 2.45) is 0 Å². The molecule has 2 heterocycles. The number of carbonyl (C=O) groups excluding carboxylic acids is 1. The number of hydrogen-bond donors (Lipinski definition) is 9. The predicted octanol–water partition coefficient (Wildman–Crippen LogP) is 9.89. The Kier molecular flexibility index (Phi) is 41.6. The Morgan fingerprint density at radius 1 is 0.486 bits per heavy atom. The SMILES string of the molecule is CCCCCCCCCCCCCCCCCCCCCCCCCC/C=C/C(O)C(COC1OC(CO)C(OC2OC(CO)C(O)C(O)C2O)C(O)C1O)NC(=O)CCCCCCCCCCCCCC. The number of allylic oxidation sites excluding steroid dienone is 1. The molecule has 0 aromatic carbocycles. The van der Waals surface area contributed by atoms with E-state index in [-0.39, 0.29) is 18.9 Å². The molecule has 426 valence electrons. The Balaban J connectivity index is 1.72. The van der Waals surface area contributed by atoms with Gasteiger partial charge in [-0.15, -0.1) is 0 Å². The fourth-order valence-electron chi connectivity index (χ4n) is 10.1. The summed E-state index contributed by atoms with van der Waals surface area (Å²) < 4.78 is 22.8. The molecule has 72 heavy (non-hydrogen) atoms. The van der Waals surface area contributed by atoms with Gasteiger partial charge in [-0.1, -0.05) is 244 Å². The van der Waals surface area contributed by atoms with Gasteiger partial charge >= 0.3 is 0 Å². The third kappa shape index (κ3) is 30.5. The third-order valence-corrected chi connectivity index (χ3v) is 15.0. The van der Waals surface area contributed by atoms with Gasteiger partial charge in [-0.2, -0.15) is 0 Å². The molecule has 0 bridgehead atoms. The van der Waals surface area contributed by atoms with Crippen LogP contribution in [-0.4, -0.2) is 140 Å². The van der Waals surface area contributed by atoms with Crippen molar-refractivity contribution in [3.8, 4) is 0 Å². The van der Waals surface area contributed by atoms with Gasteiger partial charge in [-0.25, -0.2) is 0 Å². The Labute approximate surface area is 437 Å². The first kappa shape index (κ1) is 66.8. The molecule has 2 aliphatic rings. The molecule has 0 radical (unpaired) electrons. The van der Waals surface area contributed by atoms with E-state index in [4.69, 9.17) is 18.9 Å². The predicted molar refractivity (Wildman–Crippen MR) is 286 cm³/mol. The zero-order valence-corrected chi connectivity index (χ0v) is 45.7. The summed E-state index contributed by atoms with van der Waals surface area (Å²) in [5.41, 5.74) is 0. The number of rotatable bonds is 48. The largest absolute Gasteiger partial charge is 0.394 e. The van der Waals surface area contributed by atoms with Gasteiger partial charge in [0.2, 0.25) is 5.91 Å². The van der Waals surface area contributed by atoms with E-state index in [1.54, 1.807) is 6.08 Å². The average Bonchev–Trinajstić information content (AvgIpc) is 3.38. The van der Waals surface area contributed by atoms with Gasteiger partial charge in [-0.3, -0.25) is 4.79 Å². The first-order chi connectivity index (χ1) is 35.1. The highest BCUT2D eigenvalue weighted by molar-refractivity contribution is 5.76. The number of ether oxygens (including phenoxy) is 4. The molecule has 14 heteroatoms. The lowest BCUT2D eigenvalue weighted by Crippen LogP contribution is -2.65. The lowest BCUT2D eigenvalue weighted by molar-refractivity contribution is -0.359. The molecule has 0 aromatic rings. The fraction of sp³-hybridized carbons (Fsp3) is 0.948. The molecule has 0 spiro atoms. The highest BCUT2D eigenvalue weighted by Crippen LogP contribution is 2.30. The van der Waals surface area contributed by atoms with Crippen LogP contribution < -0.4 is 5.32 Å². The van der Waals surface area contributed by atoms with E-state index < -0.39 is 86.8 Å². The van der Waals surface area contributed by atoms with Gasteiger partial charge in [-0.05, 0) is 19.3 Å². The van der Waals surface area contributed by atoms with Gasteiger partial charge in [0.1, 0.15) is 48.8 Å². The molecule has 0 aliphatic carbocycles. The molecule has 1 amide bonds. The second kappa shape index (κ2) is 44.8. The molecule has 9 N–H and O–H groups in total. The maximum Gasteiger partial charge on any atom is 0.220 e. The van der Waals surface area contributed by atoms with Gasteiger partial charge in [0.25, 0.3) is 0 Å². The van der Waals surface area contributed by atoms with Crippen LogP contribution in [0, 0.1) is 0 Å². The van der Waals surface area contributed by atoms with Crippen LogP contribution in [0.5, 0.6) is 0 Å². The van der Waals surface area contributed by atoms with E-state index in [0.717, 1.165) is 38.5 Å². The van der Waals surface area contributed by atoms with E-state index in [9.17, 15) is 45.6 Å². The van der Waals surface area contributed by atoms with Crippen LogP contribution >= 0.6 is 0 Å². The Morgan fingerprint density at radius 3 is 1.28 bits per heavy atom. The van der Waals surface area contributed by atoms with E-state index in [1.807, 2.05) is 6.08 Å². The molecule has 2 saturated heterocycles. The van der Waals surface area contributed by atoms with Crippen molar-refractivity contribution in [3.63, 3.8) is 0 Å². The van der Waals surface area contributed by atoms with Crippen LogP contribution in [0.4, 0.5) is 0 Å². The number of hydrogen-bond acceptors (Lipinski definition) is 13. The summed E-state index contributed by atoms with van der Waals surface area (Å²) in [5.74, 6) is -0.237. The molecule has 2 aliphatic heterocycles. The van der Waals surface area contributed by atoms with Crippen LogP contribution in [0.25, 0.3) is 0 Å². The molecule has 12 unspecified atom stereocenters. The average molecular weight is 1030 g/mol. The van der Waals surface area contributed by atoms with E-state index >= 15 is 0 Å². The Hall–Kier alpha value is -1.27. The normalized spacial score (nSPS) is 25.6. The first-order valence-electron chi connectivity index (χ1n) is 29.9. The fourth-order valence-corrected chi connectivity index (χ4v) is 10.1. The van der Waals surface area contributed by atoms with Crippen LogP contribution in [0.1, 0.15) is 258 Å². The van der Waals surface area contributed by atoms with Crippen LogP contribution in [0.2, 0.25) is 0 Å². The maximum absolute atomic E-state index is 13.2. The minimum Gasteiger partial charge on any atom is -0.394 e. The van der Waals surface area contributed by atoms with E-state index in [2.05, 4.69) is 19.2 Å². The topological polar surface area (TPSA) is 228 Å². The number of aliphatic hydroxyl groups excluding tert-OH is 8. The van der Waals surface area contributed by atoms with Crippen LogP contribution in [0.15, 0.2) is 12.2 Å². The van der Waals surface area contributed by atoms with Gasteiger partial charge < -0.3 is 65.1 Å². The summed E-state index contributed by atoms with van der Waals surface area (Å²) in [4.78, 5) is 13.2. The number of unbranched alkanes of at least 4 members (excludes halogenated alkanes) is 35. The molecule has 2 rings (SSSR count). The molecule has 12 atom stereocenters. The minimum atomic E-state index is -1.78. The second-order valence-corrected chi connectivity index (χ2v) is 21.5. The summed E-state index contributed by atoms with van der Waals surface area (Å²) >= 11 is 0. The number of amides is 1.